The molecule has 2 N–H and O–H groups in total. The number of carboxylic acid groups (broad SMARTS) is 1. The lowest BCUT2D eigenvalue weighted by atomic mass is 10.1. The highest BCUT2D eigenvalue weighted by Crippen LogP contribution is 2.05. The van der Waals surface area contributed by atoms with Crippen LogP contribution in [0.5, 0.6) is 0 Å². The summed E-state index contributed by atoms with van der Waals surface area (Å²) in [4.78, 5) is 30.1. The van der Waals surface area contributed by atoms with Crippen LogP contribution in [0.3, 0.4) is 0 Å². The summed E-state index contributed by atoms with van der Waals surface area (Å²) in [5.74, 6) is -1.29. The maximum Gasteiger partial charge on any atom is 0.335 e. The van der Waals surface area contributed by atoms with E-state index in [1.807, 2.05) is 0 Å². The number of hydrogen-bond donors (Lipinski definition) is 2. The average molecular weight is 306 g/mol. The number of nitrogens with one attached hydrogen (secondary N) is 1. The van der Waals surface area contributed by atoms with E-state index in [2.05, 4.69) is 15.3 Å². The third-order valence-corrected chi connectivity index (χ3v) is 2.95. The molecule has 108 valence electrons. The van der Waals surface area contributed by atoms with E-state index in [1.165, 1.54) is 24.5 Å². The van der Waals surface area contributed by atoms with Gasteiger partial charge in [0.2, 0.25) is 0 Å². The van der Waals surface area contributed by atoms with Gasteiger partial charge in [0, 0.05) is 6.54 Å². The van der Waals surface area contributed by atoms with Gasteiger partial charge >= 0.3 is 5.97 Å². The van der Waals surface area contributed by atoms with Crippen molar-refractivity contribution in [3.63, 3.8) is 0 Å². The van der Waals surface area contributed by atoms with Crippen molar-refractivity contribution in [2.24, 2.45) is 0 Å². The molecule has 0 aliphatic heterocycles. The van der Waals surface area contributed by atoms with Crippen LogP contribution in [0.4, 0.5) is 0 Å². The summed E-state index contributed by atoms with van der Waals surface area (Å²) in [6.45, 7) is 0.412. The number of hydrogen-bond acceptors (Lipinski definition) is 4. The van der Waals surface area contributed by atoms with Crippen LogP contribution in [0.1, 0.15) is 26.4 Å². The van der Waals surface area contributed by atoms with Gasteiger partial charge in [-0.25, -0.2) is 14.8 Å². The van der Waals surface area contributed by atoms with E-state index in [9.17, 15) is 9.59 Å². The normalized spacial score (nSPS) is 10.1. The minimum Gasteiger partial charge on any atom is -0.478 e. The predicted octanol–water partition coefficient (Wildman–Crippen LogP) is 1.80. The molecule has 0 aliphatic rings. The number of halogens is 1. The first-order valence-electron chi connectivity index (χ1n) is 6.14. The smallest absolute Gasteiger partial charge is 0.335 e. The molecule has 0 radical (unpaired) electrons. The van der Waals surface area contributed by atoms with Crippen molar-refractivity contribution >= 4 is 23.5 Å². The van der Waals surface area contributed by atoms with Gasteiger partial charge in [-0.3, -0.25) is 4.79 Å². The van der Waals surface area contributed by atoms with Gasteiger partial charge in [0.15, 0.2) is 0 Å². The molecule has 1 aromatic heterocycles. The average Bonchev–Trinajstić information content (AvgIpc) is 2.48. The molecule has 21 heavy (non-hydrogen) atoms. The summed E-state index contributed by atoms with van der Waals surface area (Å²) >= 11 is 5.59. The highest BCUT2D eigenvalue weighted by molar-refractivity contribution is 6.29. The number of carboxylic acids is 1. The Hall–Kier alpha value is -2.47. The molecule has 0 fully saturated rings. The Bertz CT molecular complexity index is 642. The fraction of sp³-hybridized carbons (Fsp3) is 0.143. The van der Waals surface area contributed by atoms with Crippen LogP contribution < -0.4 is 5.32 Å². The second kappa shape index (κ2) is 6.81. The van der Waals surface area contributed by atoms with Crippen LogP contribution in [-0.2, 0) is 6.42 Å². The molecular weight excluding hydrogens is 294 g/mol. The van der Waals surface area contributed by atoms with Crippen molar-refractivity contribution in [3.8, 4) is 0 Å². The van der Waals surface area contributed by atoms with Crippen LogP contribution in [0.15, 0.2) is 36.7 Å². The first-order valence-corrected chi connectivity index (χ1v) is 6.52. The molecule has 1 heterocycles. The molecule has 0 unspecified atom stereocenters. The molecule has 1 aromatic carbocycles. The summed E-state index contributed by atoms with van der Waals surface area (Å²) in [6, 6.07) is 6.50. The Morgan fingerprint density at radius 3 is 2.43 bits per heavy atom. The van der Waals surface area contributed by atoms with E-state index in [4.69, 9.17) is 16.7 Å². The summed E-state index contributed by atoms with van der Waals surface area (Å²) in [7, 11) is 0. The molecule has 0 spiro atoms. The molecule has 2 aromatic rings. The molecule has 6 nitrogen and oxygen atoms in total. The Balaban J connectivity index is 1.85. The highest BCUT2D eigenvalue weighted by Gasteiger charge is 2.07. The molecule has 0 saturated carbocycles. The Morgan fingerprint density at radius 1 is 1.14 bits per heavy atom. The minimum atomic E-state index is -0.962. The maximum atomic E-state index is 11.8. The lowest BCUT2D eigenvalue weighted by Crippen LogP contribution is -2.26. The highest BCUT2D eigenvalue weighted by atomic mass is 35.5. The summed E-state index contributed by atoms with van der Waals surface area (Å²) in [6.07, 6.45) is 3.20. The zero-order valence-electron chi connectivity index (χ0n) is 10.9. The fourth-order valence-corrected chi connectivity index (χ4v) is 1.75. The van der Waals surface area contributed by atoms with Crippen LogP contribution in [0, 0.1) is 0 Å². The summed E-state index contributed by atoms with van der Waals surface area (Å²) < 4.78 is 0. The number of aromatic nitrogens is 2. The van der Waals surface area contributed by atoms with Gasteiger partial charge in [0.05, 0.1) is 18.0 Å². The van der Waals surface area contributed by atoms with Gasteiger partial charge in [0.1, 0.15) is 10.8 Å². The van der Waals surface area contributed by atoms with E-state index in [0.717, 1.165) is 5.56 Å². The zero-order chi connectivity index (χ0) is 15.2. The van der Waals surface area contributed by atoms with E-state index in [-0.39, 0.29) is 22.3 Å². The quantitative estimate of drug-likeness (QED) is 0.878. The lowest BCUT2D eigenvalue weighted by molar-refractivity contribution is 0.0696. The van der Waals surface area contributed by atoms with Crippen LogP contribution in [0.2, 0.25) is 5.15 Å². The largest absolute Gasteiger partial charge is 0.478 e. The standard InChI is InChI=1S/C14H12ClN3O3/c15-12-8-17-11(7-18-12)13(19)16-6-5-9-1-3-10(4-2-9)14(20)21/h1-4,7-8H,5-6H2,(H,16,19)(H,20,21). The third kappa shape index (κ3) is 4.25. The number of carbonyl (C=O) groups excluding carboxylic acids is 1. The second-order valence-corrected chi connectivity index (χ2v) is 4.62. The van der Waals surface area contributed by atoms with E-state index in [0.29, 0.717) is 13.0 Å². The molecule has 2 rings (SSSR count). The molecule has 0 atom stereocenters. The maximum absolute atomic E-state index is 11.8. The van der Waals surface area contributed by atoms with Crippen molar-refractivity contribution in [2.45, 2.75) is 6.42 Å². The van der Waals surface area contributed by atoms with Gasteiger partial charge in [-0.05, 0) is 24.1 Å². The zero-order valence-corrected chi connectivity index (χ0v) is 11.7. The van der Waals surface area contributed by atoms with E-state index in [1.54, 1.807) is 12.1 Å². The van der Waals surface area contributed by atoms with E-state index < -0.39 is 5.97 Å². The van der Waals surface area contributed by atoms with Gasteiger partial charge < -0.3 is 10.4 Å². The predicted molar refractivity (Wildman–Crippen MR) is 76.5 cm³/mol. The number of aromatic carboxylic acids is 1. The summed E-state index contributed by atoms with van der Waals surface area (Å²) in [5, 5.41) is 11.7. The summed E-state index contributed by atoms with van der Waals surface area (Å²) in [5.41, 5.74) is 1.36. The SMILES string of the molecule is O=C(O)c1ccc(CCNC(=O)c2cnc(Cl)cn2)cc1. The molecule has 0 aliphatic carbocycles. The molecule has 0 saturated heterocycles. The third-order valence-electron chi connectivity index (χ3n) is 2.75. The van der Waals surface area contributed by atoms with Gasteiger partial charge in [-0.1, -0.05) is 23.7 Å². The van der Waals surface area contributed by atoms with Gasteiger partial charge in [0.25, 0.3) is 5.91 Å². The van der Waals surface area contributed by atoms with Crippen molar-refractivity contribution in [2.75, 3.05) is 6.54 Å². The fourth-order valence-electron chi connectivity index (χ4n) is 1.65. The van der Waals surface area contributed by atoms with Crippen molar-refractivity contribution in [1.82, 2.24) is 15.3 Å². The topological polar surface area (TPSA) is 92.2 Å². The van der Waals surface area contributed by atoms with Crippen LogP contribution >= 0.6 is 11.6 Å². The first-order chi connectivity index (χ1) is 10.1. The van der Waals surface area contributed by atoms with Crippen molar-refractivity contribution in [1.29, 1.82) is 0 Å². The van der Waals surface area contributed by atoms with Crippen molar-refractivity contribution < 1.29 is 14.7 Å². The first kappa shape index (κ1) is 14.9. The Morgan fingerprint density at radius 2 is 1.86 bits per heavy atom. The van der Waals surface area contributed by atoms with E-state index >= 15 is 0 Å². The van der Waals surface area contributed by atoms with Crippen LogP contribution in [0.25, 0.3) is 0 Å². The van der Waals surface area contributed by atoms with Crippen LogP contribution in [-0.4, -0.2) is 33.5 Å². The Labute approximate surface area is 125 Å². The number of benzene rings is 1. The monoisotopic (exact) mass is 305 g/mol. The molecule has 0 bridgehead atoms. The van der Waals surface area contributed by atoms with Gasteiger partial charge in [-0.2, -0.15) is 0 Å². The van der Waals surface area contributed by atoms with Gasteiger partial charge in [-0.15, -0.1) is 0 Å². The minimum absolute atomic E-state index is 0.195. The number of rotatable bonds is 5. The second-order valence-electron chi connectivity index (χ2n) is 4.23. The Kier molecular flexibility index (Phi) is 4.84. The molecular formula is C14H12ClN3O3. The molecule has 7 heteroatoms. The number of carbonyl (C=O) groups is 2. The molecule has 1 amide bonds. The van der Waals surface area contributed by atoms with Crippen molar-refractivity contribution in [3.05, 3.63) is 58.6 Å². The number of nitrogens with zero attached hydrogens (tertiary/aromatic N) is 2. The lowest BCUT2D eigenvalue weighted by Gasteiger charge is -2.05. The number of amides is 1.